The monoisotopic (exact) mass is 151 g/mol. The Labute approximate surface area is 65.2 Å². The van der Waals surface area contributed by atoms with Crippen LogP contribution in [-0.2, 0) is 0 Å². The fraction of sp³-hybridized carbons (Fsp3) is 0.143. The number of hydrogen-bond donors (Lipinski definition) is 1. The van der Waals surface area contributed by atoms with Crippen LogP contribution in [0.1, 0.15) is 5.56 Å². The van der Waals surface area contributed by atoms with E-state index >= 15 is 0 Å². The highest BCUT2D eigenvalue weighted by Crippen LogP contribution is 2.24. The Morgan fingerprint density at radius 1 is 1.50 bits per heavy atom. The van der Waals surface area contributed by atoms with Crippen LogP contribution in [0, 0.1) is 6.92 Å². The molecule has 0 N–H and O–H groups in total. The second-order valence-electron chi connectivity index (χ2n) is 2.04. The van der Waals surface area contributed by atoms with E-state index in [1.807, 2.05) is 19.1 Å². The number of thiol groups is 1. The molecular formula is C7H7N2S. The standard InChI is InChI=1S/C7H7N2S/c1-5-3-2-4-6(9-8)7(5)10/h2-4,10H,1H3. The van der Waals surface area contributed by atoms with Gasteiger partial charge in [0.1, 0.15) is 5.69 Å². The average molecular weight is 151 g/mol. The van der Waals surface area contributed by atoms with Crippen molar-refractivity contribution in [2.24, 2.45) is 5.11 Å². The van der Waals surface area contributed by atoms with E-state index in [0.717, 1.165) is 10.5 Å². The summed E-state index contributed by atoms with van der Waals surface area (Å²) < 4.78 is 0. The highest BCUT2D eigenvalue weighted by molar-refractivity contribution is 7.80. The van der Waals surface area contributed by atoms with E-state index in [2.05, 4.69) is 17.7 Å². The Morgan fingerprint density at radius 2 is 2.20 bits per heavy atom. The molecule has 3 heteroatoms. The molecule has 0 aromatic heterocycles. The number of nitrogens with zero attached hydrogens (tertiary/aromatic N) is 2. The summed E-state index contributed by atoms with van der Waals surface area (Å²) in [4.78, 5) is 0.727. The van der Waals surface area contributed by atoms with E-state index in [9.17, 15) is 0 Å². The van der Waals surface area contributed by atoms with Crippen molar-refractivity contribution < 1.29 is 0 Å². The van der Waals surface area contributed by atoms with Crippen LogP contribution in [-0.4, -0.2) is 0 Å². The SMILES string of the molecule is Cc1cccc(N=[N])c1S. The van der Waals surface area contributed by atoms with Gasteiger partial charge in [-0.1, -0.05) is 12.1 Å². The van der Waals surface area contributed by atoms with Gasteiger partial charge >= 0.3 is 0 Å². The molecule has 51 valence electrons. The quantitative estimate of drug-likeness (QED) is 0.471. The van der Waals surface area contributed by atoms with Gasteiger partial charge in [-0.25, -0.2) is 0 Å². The van der Waals surface area contributed by atoms with E-state index in [1.165, 1.54) is 0 Å². The van der Waals surface area contributed by atoms with Crippen LogP contribution in [0.2, 0.25) is 0 Å². The molecule has 1 aromatic carbocycles. The van der Waals surface area contributed by atoms with Crippen molar-refractivity contribution in [2.45, 2.75) is 11.8 Å². The van der Waals surface area contributed by atoms with E-state index < -0.39 is 0 Å². The summed E-state index contributed by atoms with van der Waals surface area (Å²) in [6, 6.07) is 5.44. The minimum Gasteiger partial charge on any atom is -0.141 e. The Morgan fingerprint density at radius 3 is 2.70 bits per heavy atom. The van der Waals surface area contributed by atoms with Gasteiger partial charge in [-0.2, -0.15) is 0 Å². The Balaban J connectivity index is 3.27. The van der Waals surface area contributed by atoms with Crippen LogP contribution in [0.4, 0.5) is 5.69 Å². The van der Waals surface area contributed by atoms with Crippen molar-refractivity contribution in [1.29, 1.82) is 0 Å². The first kappa shape index (κ1) is 7.28. The molecule has 1 aromatic rings. The molecule has 1 rings (SSSR count). The second-order valence-corrected chi connectivity index (χ2v) is 2.49. The van der Waals surface area contributed by atoms with Crippen molar-refractivity contribution >= 4 is 18.3 Å². The molecule has 0 amide bonds. The van der Waals surface area contributed by atoms with Crippen molar-refractivity contribution in [1.82, 2.24) is 5.53 Å². The van der Waals surface area contributed by atoms with Gasteiger partial charge in [0, 0.05) is 4.90 Å². The topological polar surface area (TPSA) is 34.7 Å². The number of rotatable bonds is 1. The molecule has 0 aliphatic rings. The molecule has 0 aliphatic carbocycles. The van der Waals surface area contributed by atoms with E-state index in [0.29, 0.717) is 5.69 Å². The first-order valence-electron chi connectivity index (χ1n) is 2.89. The molecular weight excluding hydrogens is 144 g/mol. The Kier molecular flexibility index (Phi) is 2.06. The van der Waals surface area contributed by atoms with Crippen LogP contribution < -0.4 is 5.53 Å². The highest BCUT2D eigenvalue weighted by atomic mass is 32.1. The largest absolute Gasteiger partial charge is 0.141 e. The first-order chi connectivity index (χ1) is 4.75. The average Bonchev–Trinajstić information content (AvgIpc) is 1.95. The lowest BCUT2D eigenvalue weighted by atomic mass is 10.2. The van der Waals surface area contributed by atoms with Crippen LogP contribution in [0.5, 0.6) is 0 Å². The third-order valence-electron chi connectivity index (χ3n) is 1.32. The number of hydrogen-bond acceptors (Lipinski definition) is 2. The molecule has 0 saturated carbocycles. The number of benzene rings is 1. The van der Waals surface area contributed by atoms with Crippen LogP contribution in [0.15, 0.2) is 28.2 Å². The summed E-state index contributed by atoms with van der Waals surface area (Å²) in [6.45, 7) is 1.91. The lowest BCUT2D eigenvalue weighted by molar-refractivity contribution is 1.21. The molecule has 1 radical (unpaired) electrons. The van der Waals surface area contributed by atoms with Crippen molar-refractivity contribution in [3.8, 4) is 0 Å². The maximum atomic E-state index is 8.42. The van der Waals surface area contributed by atoms with Gasteiger partial charge in [0.2, 0.25) is 0 Å². The first-order valence-corrected chi connectivity index (χ1v) is 3.34. The van der Waals surface area contributed by atoms with Crippen molar-refractivity contribution in [2.75, 3.05) is 0 Å². The van der Waals surface area contributed by atoms with Crippen LogP contribution in [0.3, 0.4) is 0 Å². The zero-order valence-corrected chi connectivity index (χ0v) is 6.47. The van der Waals surface area contributed by atoms with Gasteiger partial charge < -0.3 is 0 Å². The lowest BCUT2D eigenvalue weighted by Gasteiger charge is -1.98. The smallest absolute Gasteiger partial charge is 0.101 e. The van der Waals surface area contributed by atoms with Gasteiger partial charge in [-0.3, -0.25) is 0 Å². The van der Waals surface area contributed by atoms with E-state index in [4.69, 9.17) is 5.53 Å². The van der Waals surface area contributed by atoms with Crippen molar-refractivity contribution in [3.63, 3.8) is 0 Å². The molecule has 0 fully saturated rings. The number of aryl methyl sites for hydroxylation is 1. The maximum absolute atomic E-state index is 8.42. The molecule has 2 nitrogen and oxygen atoms in total. The predicted molar refractivity (Wildman–Crippen MR) is 42.7 cm³/mol. The molecule has 10 heavy (non-hydrogen) atoms. The lowest BCUT2D eigenvalue weighted by Crippen LogP contribution is -1.74. The van der Waals surface area contributed by atoms with E-state index in [-0.39, 0.29) is 0 Å². The zero-order chi connectivity index (χ0) is 7.56. The Hall–Kier alpha value is -0.830. The van der Waals surface area contributed by atoms with Gasteiger partial charge in [-0.05, 0) is 24.1 Å². The van der Waals surface area contributed by atoms with Gasteiger partial charge in [0.05, 0.1) is 0 Å². The molecule has 0 heterocycles. The molecule has 0 unspecified atom stereocenters. The molecule has 0 spiro atoms. The molecule has 0 aliphatic heterocycles. The molecule has 0 atom stereocenters. The van der Waals surface area contributed by atoms with E-state index in [1.54, 1.807) is 6.07 Å². The summed E-state index contributed by atoms with van der Waals surface area (Å²) >= 11 is 4.14. The van der Waals surface area contributed by atoms with Crippen molar-refractivity contribution in [3.05, 3.63) is 23.8 Å². The van der Waals surface area contributed by atoms with Gasteiger partial charge in [0.25, 0.3) is 0 Å². The highest BCUT2D eigenvalue weighted by Gasteiger charge is 1.97. The summed E-state index contributed by atoms with van der Waals surface area (Å²) in [5.74, 6) is 0. The van der Waals surface area contributed by atoms with Gasteiger partial charge in [-0.15, -0.1) is 17.7 Å². The summed E-state index contributed by atoms with van der Waals surface area (Å²) in [6.07, 6.45) is 0. The minimum atomic E-state index is 0.517. The summed E-state index contributed by atoms with van der Waals surface area (Å²) in [7, 11) is 0. The third kappa shape index (κ3) is 1.19. The van der Waals surface area contributed by atoms with Gasteiger partial charge in [0.15, 0.2) is 0 Å². The Bertz CT molecular complexity index is 258. The maximum Gasteiger partial charge on any atom is 0.101 e. The summed E-state index contributed by atoms with van der Waals surface area (Å²) in [5, 5.41) is 3.05. The minimum absolute atomic E-state index is 0.517. The zero-order valence-electron chi connectivity index (χ0n) is 5.57. The normalized spacial score (nSPS) is 9.40. The molecule has 0 saturated heterocycles. The molecule has 0 bridgehead atoms. The van der Waals surface area contributed by atoms with Crippen LogP contribution in [0.25, 0.3) is 0 Å². The van der Waals surface area contributed by atoms with Crippen LogP contribution >= 0.6 is 12.6 Å². The third-order valence-corrected chi connectivity index (χ3v) is 1.91. The predicted octanol–water partition coefficient (Wildman–Crippen LogP) is 2.17. The fourth-order valence-electron chi connectivity index (χ4n) is 0.724. The second kappa shape index (κ2) is 2.84. The fourth-order valence-corrected chi connectivity index (χ4v) is 0.918. The summed E-state index contributed by atoms with van der Waals surface area (Å²) in [5.41, 5.74) is 9.95.